The number of amides is 2. The van der Waals surface area contributed by atoms with Crippen LogP contribution in [0.1, 0.15) is 37.5 Å². The smallest absolute Gasteiger partial charge is 0.264 e. The highest BCUT2D eigenvalue weighted by Gasteiger charge is 2.36. The number of carbonyl (C=O) groups is 2. The van der Waals surface area contributed by atoms with Gasteiger partial charge in [-0.3, -0.25) is 13.9 Å². The van der Waals surface area contributed by atoms with E-state index in [0.29, 0.717) is 10.6 Å². The van der Waals surface area contributed by atoms with Gasteiger partial charge in [0.05, 0.1) is 10.6 Å². The van der Waals surface area contributed by atoms with Gasteiger partial charge in [0.2, 0.25) is 11.8 Å². The molecular formula is C35H37BrClN3O4S. The minimum absolute atomic E-state index is 0.0297. The fraction of sp³-hybridized carbons (Fsp3) is 0.257. The lowest BCUT2D eigenvalue weighted by Crippen LogP contribution is -2.56. The monoisotopic (exact) mass is 709 g/mol. The van der Waals surface area contributed by atoms with Crippen LogP contribution in [-0.4, -0.2) is 43.3 Å². The standard InChI is InChI=1S/C35H37BrClN3O4S/c1-25-18-19-29(37)22-31(25)40(45(43,44)30-16-9-6-10-17-30)24-33(41)39(23-27-14-11-15-28(36)20-27)32(34(42)38-35(2,3)4)21-26-12-7-5-8-13-26/h5-20,22,32H,21,23-24H2,1-4H3,(H,38,42)/t32-/m0/s1. The number of nitrogens with zero attached hydrogens (tertiary/aromatic N) is 2. The molecule has 0 aliphatic carbocycles. The molecule has 1 atom stereocenters. The van der Waals surface area contributed by atoms with Crippen molar-refractivity contribution in [3.05, 3.63) is 129 Å². The Hall–Kier alpha value is -3.66. The fourth-order valence-electron chi connectivity index (χ4n) is 4.92. The van der Waals surface area contributed by atoms with E-state index in [2.05, 4.69) is 21.2 Å². The van der Waals surface area contributed by atoms with Crippen molar-refractivity contribution < 1.29 is 18.0 Å². The molecule has 1 N–H and O–H groups in total. The van der Waals surface area contributed by atoms with Gasteiger partial charge in [-0.15, -0.1) is 0 Å². The summed E-state index contributed by atoms with van der Waals surface area (Å²) < 4.78 is 30.2. The topological polar surface area (TPSA) is 86.8 Å². The molecule has 0 aliphatic rings. The molecule has 4 aromatic rings. The summed E-state index contributed by atoms with van der Waals surface area (Å²) in [4.78, 5) is 30.1. The zero-order chi connectivity index (χ0) is 32.8. The number of nitrogens with one attached hydrogen (secondary N) is 1. The maximum absolute atomic E-state index is 14.6. The van der Waals surface area contributed by atoms with E-state index in [4.69, 9.17) is 11.6 Å². The molecule has 0 radical (unpaired) electrons. The normalized spacial score (nSPS) is 12.3. The third-order valence-electron chi connectivity index (χ3n) is 7.06. The molecule has 0 saturated carbocycles. The van der Waals surface area contributed by atoms with Crippen molar-refractivity contribution in [3.63, 3.8) is 0 Å². The molecule has 4 aromatic carbocycles. The Balaban J connectivity index is 1.84. The summed E-state index contributed by atoms with van der Waals surface area (Å²) in [6, 6.07) is 28.9. The Bertz CT molecular complexity index is 1750. The lowest BCUT2D eigenvalue weighted by Gasteiger charge is -2.35. The highest BCUT2D eigenvalue weighted by atomic mass is 79.9. The van der Waals surface area contributed by atoms with E-state index in [1.54, 1.807) is 37.3 Å². The molecule has 236 valence electrons. The van der Waals surface area contributed by atoms with E-state index in [1.165, 1.54) is 23.1 Å². The van der Waals surface area contributed by atoms with Crippen LogP contribution in [0.25, 0.3) is 0 Å². The number of anilines is 1. The first-order valence-corrected chi connectivity index (χ1v) is 17.1. The van der Waals surface area contributed by atoms with Gasteiger partial charge in [0.15, 0.2) is 0 Å². The number of benzene rings is 4. The molecule has 45 heavy (non-hydrogen) atoms. The van der Waals surface area contributed by atoms with E-state index in [0.717, 1.165) is 19.9 Å². The Morgan fingerprint density at radius 2 is 1.49 bits per heavy atom. The van der Waals surface area contributed by atoms with E-state index < -0.39 is 34.1 Å². The molecule has 4 rings (SSSR count). The Morgan fingerprint density at radius 3 is 2.11 bits per heavy atom. The zero-order valence-electron chi connectivity index (χ0n) is 25.7. The fourth-order valence-corrected chi connectivity index (χ4v) is 7.03. The van der Waals surface area contributed by atoms with Gasteiger partial charge in [-0.25, -0.2) is 8.42 Å². The number of rotatable bonds is 11. The van der Waals surface area contributed by atoms with Crippen molar-refractivity contribution in [2.75, 3.05) is 10.8 Å². The Kier molecular flexibility index (Phi) is 11.1. The van der Waals surface area contributed by atoms with Crippen LogP contribution >= 0.6 is 27.5 Å². The summed E-state index contributed by atoms with van der Waals surface area (Å²) in [5, 5.41) is 3.37. The molecule has 0 fully saturated rings. The first kappa shape index (κ1) is 34.2. The zero-order valence-corrected chi connectivity index (χ0v) is 28.9. The van der Waals surface area contributed by atoms with Crippen LogP contribution in [-0.2, 0) is 32.6 Å². The highest BCUT2D eigenvalue weighted by molar-refractivity contribution is 9.10. The number of hydrogen-bond acceptors (Lipinski definition) is 4. The number of aryl methyl sites for hydroxylation is 1. The number of sulfonamides is 1. The van der Waals surface area contributed by atoms with Gasteiger partial charge in [-0.05, 0) is 80.8 Å². The van der Waals surface area contributed by atoms with Gasteiger partial charge >= 0.3 is 0 Å². The molecule has 0 unspecified atom stereocenters. The van der Waals surface area contributed by atoms with Gasteiger partial charge in [0.25, 0.3) is 10.0 Å². The largest absolute Gasteiger partial charge is 0.350 e. The van der Waals surface area contributed by atoms with Crippen molar-refractivity contribution in [1.29, 1.82) is 0 Å². The maximum atomic E-state index is 14.6. The lowest BCUT2D eigenvalue weighted by molar-refractivity contribution is -0.140. The molecule has 2 amide bonds. The molecule has 7 nitrogen and oxygen atoms in total. The summed E-state index contributed by atoms with van der Waals surface area (Å²) in [6.07, 6.45) is 0.226. The first-order valence-electron chi connectivity index (χ1n) is 14.5. The molecule has 0 bridgehead atoms. The maximum Gasteiger partial charge on any atom is 0.264 e. The van der Waals surface area contributed by atoms with Crippen LogP contribution in [0.5, 0.6) is 0 Å². The average molecular weight is 711 g/mol. The van der Waals surface area contributed by atoms with Crippen LogP contribution in [0.2, 0.25) is 5.02 Å². The van der Waals surface area contributed by atoms with Crippen molar-refractivity contribution >= 4 is 55.1 Å². The van der Waals surface area contributed by atoms with Gasteiger partial charge in [0, 0.05) is 28.0 Å². The van der Waals surface area contributed by atoms with Crippen LogP contribution in [0, 0.1) is 6.92 Å². The second-order valence-electron chi connectivity index (χ2n) is 11.9. The third kappa shape index (κ3) is 9.19. The third-order valence-corrected chi connectivity index (χ3v) is 9.56. The number of carbonyl (C=O) groups excluding carboxylic acids is 2. The summed E-state index contributed by atoms with van der Waals surface area (Å²) in [7, 11) is -4.22. The SMILES string of the molecule is Cc1ccc(Cl)cc1N(CC(=O)N(Cc1cccc(Br)c1)[C@@H](Cc1ccccc1)C(=O)NC(C)(C)C)S(=O)(=O)c1ccccc1. The van der Waals surface area contributed by atoms with Gasteiger partial charge in [-0.2, -0.15) is 0 Å². The second-order valence-corrected chi connectivity index (χ2v) is 15.1. The van der Waals surface area contributed by atoms with Crippen molar-refractivity contribution in [2.45, 2.75) is 57.1 Å². The van der Waals surface area contributed by atoms with Crippen molar-refractivity contribution in [2.24, 2.45) is 0 Å². The summed E-state index contributed by atoms with van der Waals surface area (Å²) >= 11 is 9.85. The molecular weight excluding hydrogens is 674 g/mol. The number of halogens is 2. The van der Waals surface area contributed by atoms with Crippen LogP contribution in [0.4, 0.5) is 5.69 Å². The van der Waals surface area contributed by atoms with Crippen molar-refractivity contribution in [3.8, 4) is 0 Å². The van der Waals surface area contributed by atoms with Gasteiger partial charge in [-0.1, -0.05) is 94.3 Å². The van der Waals surface area contributed by atoms with Crippen molar-refractivity contribution in [1.82, 2.24) is 10.2 Å². The van der Waals surface area contributed by atoms with Gasteiger partial charge in [0.1, 0.15) is 12.6 Å². The quantitative estimate of drug-likeness (QED) is 0.179. The van der Waals surface area contributed by atoms with E-state index in [1.807, 2.05) is 75.4 Å². The second kappa shape index (κ2) is 14.6. The predicted octanol–water partition coefficient (Wildman–Crippen LogP) is 7.16. The van der Waals surface area contributed by atoms with Crippen LogP contribution in [0.3, 0.4) is 0 Å². The summed E-state index contributed by atoms with van der Waals surface area (Å²) in [5.74, 6) is -0.884. The molecule has 0 aromatic heterocycles. The molecule has 10 heteroatoms. The Morgan fingerprint density at radius 1 is 0.867 bits per heavy atom. The minimum Gasteiger partial charge on any atom is -0.350 e. The highest BCUT2D eigenvalue weighted by Crippen LogP contribution is 2.30. The molecule has 0 saturated heterocycles. The minimum atomic E-state index is -4.22. The molecule has 0 spiro atoms. The average Bonchev–Trinajstić information content (AvgIpc) is 2.99. The predicted molar refractivity (Wildman–Crippen MR) is 184 cm³/mol. The number of hydrogen-bond donors (Lipinski definition) is 1. The Labute approximate surface area is 279 Å². The summed E-state index contributed by atoms with van der Waals surface area (Å²) in [6.45, 7) is 6.91. The van der Waals surface area contributed by atoms with Gasteiger partial charge < -0.3 is 10.2 Å². The van der Waals surface area contributed by atoms with Crippen LogP contribution < -0.4 is 9.62 Å². The van der Waals surface area contributed by atoms with Crippen LogP contribution in [0.15, 0.2) is 112 Å². The summed E-state index contributed by atoms with van der Waals surface area (Å²) in [5.41, 5.74) is 1.96. The first-order chi connectivity index (χ1) is 21.2. The van der Waals surface area contributed by atoms with E-state index >= 15 is 0 Å². The molecule has 0 heterocycles. The van der Waals surface area contributed by atoms with E-state index in [9.17, 15) is 18.0 Å². The van der Waals surface area contributed by atoms with E-state index in [-0.39, 0.29) is 29.5 Å². The lowest BCUT2D eigenvalue weighted by atomic mass is 10.0. The molecule has 0 aliphatic heterocycles.